The Morgan fingerprint density at radius 2 is 1.82 bits per heavy atom. The predicted molar refractivity (Wildman–Crippen MR) is 147 cm³/mol. The normalized spacial score (nSPS) is 16.8. The van der Waals surface area contributed by atoms with Gasteiger partial charge in [-0.15, -0.1) is 0 Å². The van der Waals surface area contributed by atoms with Gasteiger partial charge in [0.05, 0.1) is 16.7 Å². The molecule has 2 aromatic heterocycles. The number of nitro benzene ring substituents is 1. The van der Waals surface area contributed by atoms with Crippen LogP contribution in [0.5, 0.6) is 0 Å². The second-order valence-electron chi connectivity index (χ2n) is 8.60. The summed E-state index contributed by atoms with van der Waals surface area (Å²) in [6, 6.07) is 22.9. The molecule has 2 atom stereocenters. The van der Waals surface area contributed by atoms with Gasteiger partial charge >= 0.3 is 0 Å². The van der Waals surface area contributed by atoms with Crippen molar-refractivity contribution >= 4 is 40.3 Å². The fourth-order valence-corrected chi connectivity index (χ4v) is 4.92. The zero-order valence-corrected chi connectivity index (χ0v) is 21.2. The molecule has 192 valence electrons. The SMILES string of the molecule is COCC(=O)Nc1ccc(N2C(=S)N[C@@H](c3ccccn3)[C@@H]2c2cccn2-c2ccc([N+](=O)[O-])cc2)cc1. The van der Waals surface area contributed by atoms with Crippen LogP contribution in [-0.2, 0) is 9.53 Å². The molecule has 2 aromatic carbocycles. The fraction of sp³-hybridized carbons (Fsp3) is 0.148. The van der Waals surface area contributed by atoms with Crippen LogP contribution in [0, 0.1) is 10.1 Å². The Balaban J connectivity index is 1.55. The van der Waals surface area contributed by atoms with Gasteiger partial charge in [0.15, 0.2) is 5.11 Å². The number of nitrogens with one attached hydrogen (secondary N) is 2. The number of nitro groups is 1. The van der Waals surface area contributed by atoms with E-state index >= 15 is 0 Å². The van der Waals surface area contributed by atoms with Crippen molar-refractivity contribution in [2.75, 3.05) is 23.9 Å². The van der Waals surface area contributed by atoms with Gasteiger partial charge in [0.2, 0.25) is 5.91 Å². The van der Waals surface area contributed by atoms with Crippen molar-refractivity contribution in [3.8, 4) is 5.69 Å². The van der Waals surface area contributed by atoms with Crippen molar-refractivity contribution in [1.82, 2.24) is 14.9 Å². The van der Waals surface area contributed by atoms with E-state index in [1.54, 1.807) is 18.3 Å². The van der Waals surface area contributed by atoms with E-state index in [1.165, 1.54) is 19.2 Å². The Kier molecular flexibility index (Phi) is 7.11. The number of amides is 1. The Morgan fingerprint density at radius 1 is 1.08 bits per heavy atom. The lowest BCUT2D eigenvalue weighted by Crippen LogP contribution is -2.30. The molecule has 38 heavy (non-hydrogen) atoms. The first-order valence-electron chi connectivity index (χ1n) is 11.8. The summed E-state index contributed by atoms with van der Waals surface area (Å²) < 4.78 is 6.88. The minimum atomic E-state index is -0.417. The first-order valence-corrected chi connectivity index (χ1v) is 12.2. The molecule has 11 heteroatoms. The van der Waals surface area contributed by atoms with Crippen LogP contribution in [0.3, 0.4) is 0 Å². The molecule has 10 nitrogen and oxygen atoms in total. The quantitative estimate of drug-likeness (QED) is 0.195. The Bertz CT molecular complexity index is 1460. The first kappa shape index (κ1) is 25.1. The van der Waals surface area contributed by atoms with Crippen LogP contribution in [0.2, 0.25) is 0 Å². The number of thiocarbonyl (C=S) groups is 1. The minimum absolute atomic E-state index is 0.0248. The van der Waals surface area contributed by atoms with Gasteiger partial charge in [-0.1, -0.05) is 6.07 Å². The summed E-state index contributed by atoms with van der Waals surface area (Å²) in [5.74, 6) is -0.243. The number of hydrogen-bond donors (Lipinski definition) is 2. The number of nitrogens with zero attached hydrogens (tertiary/aromatic N) is 4. The maximum Gasteiger partial charge on any atom is 0.269 e. The number of rotatable bonds is 8. The molecule has 0 saturated carbocycles. The smallest absolute Gasteiger partial charge is 0.269 e. The van der Waals surface area contributed by atoms with Crippen molar-refractivity contribution < 1.29 is 14.5 Å². The predicted octanol–water partition coefficient (Wildman–Crippen LogP) is 4.54. The summed E-state index contributed by atoms with van der Waals surface area (Å²) in [4.78, 5) is 29.3. The standard InChI is InChI=1S/C27H24N6O4S/c1-37-17-24(34)29-18-7-9-20(10-8-18)32-26(25(30-27(32)38)22-5-2-3-15-28-22)23-6-4-16-31(23)19-11-13-21(14-12-19)33(35)36/h2-16,25-26H,17H2,1H3,(H,29,34)(H,30,38)/t25-,26-/m0/s1. The number of ether oxygens (including phenoxy) is 1. The zero-order chi connectivity index (χ0) is 26.6. The second-order valence-corrected chi connectivity index (χ2v) is 8.99. The summed E-state index contributed by atoms with van der Waals surface area (Å²) in [6.07, 6.45) is 3.66. The Hall–Kier alpha value is -4.61. The van der Waals surface area contributed by atoms with E-state index in [9.17, 15) is 14.9 Å². The number of pyridine rings is 1. The molecule has 0 unspecified atom stereocenters. The van der Waals surface area contributed by atoms with E-state index in [1.807, 2.05) is 70.3 Å². The van der Waals surface area contributed by atoms with E-state index in [0.717, 1.165) is 22.8 Å². The van der Waals surface area contributed by atoms with Crippen LogP contribution in [-0.4, -0.2) is 39.2 Å². The van der Waals surface area contributed by atoms with E-state index in [0.29, 0.717) is 10.8 Å². The molecule has 5 rings (SSSR count). The van der Waals surface area contributed by atoms with Crippen LogP contribution < -0.4 is 15.5 Å². The van der Waals surface area contributed by atoms with Gasteiger partial charge in [0.1, 0.15) is 12.6 Å². The molecular weight excluding hydrogens is 504 g/mol. The van der Waals surface area contributed by atoms with Gasteiger partial charge in [-0.3, -0.25) is 19.9 Å². The van der Waals surface area contributed by atoms with Crippen molar-refractivity contribution in [3.63, 3.8) is 0 Å². The summed E-state index contributed by atoms with van der Waals surface area (Å²) in [6.45, 7) is -0.0324. The number of carbonyl (C=O) groups excluding carboxylic acids is 1. The van der Waals surface area contributed by atoms with Crippen molar-refractivity contribution in [3.05, 3.63) is 113 Å². The highest BCUT2D eigenvalue weighted by Crippen LogP contribution is 2.42. The second kappa shape index (κ2) is 10.8. The Morgan fingerprint density at radius 3 is 2.47 bits per heavy atom. The lowest BCUT2D eigenvalue weighted by atomic mass is 10.0. The van der Waals surface area contributed by atoms with Crippen LogP contribution in [0.4, 0.5) is 17.1 Å². The molecule has 4 aromatic rings. The number of benzene rings is 2. The van der Waals surface area contributed by atoms with E-state index < -0.39 is 4.92 Å². The van der Waals surface area contributed by atoms with Gasteiger partial charge < -0.3 is 24.8 Å². The third-order valence-corrected chi connectivity index (χ3v) is 6.54. The molecule has 2 N–H and O–H groups in total. The maximum absolute atomic E-state index is 11.9. The average molecular weight is 529 g/mol. The van der Waals surface area contributed by atoms with Crippen LogP contribution in [0.25, 0.3) is 5.69 Å². The van der Waals surface area contributed by atoms with Gasteiger partial charge in [-0.2, -0.15) is 0 Å². The van der Waals surface area contributed by atoms with Crippen LogP contribution >= 0.6 is 12.2 Å². The highest BCUT2D eigenvalue weighted by molar-refractivity contribution is 7.80. The third kappa shape index (κ3) is 4.97. The third-order valence-electron chi connectivity index (χ3n) is 6.22. The number of methoxy groups -OCH3 is 1. The minimum Gasteiger partial charge on any atom is -0.375 e. The molecule has 1 saturated heterocycles. The molecule has 0 radical (unpaired) electrons. The molecule has 0 spiro atoms. The molecule has 0 bridgehead atoms. The van der Waals surface area contributed by atoms with E-state index in [4.69, 9.17) is 17.0 Å². The monoisotopic (exact) mass is 528 g/mol. The topological polar surface area (TPSA) is 115 Å². The van der Waals surface area contributed by atoms with E-state index in [-0.39, 0.29) is 30.3 Å². The van der Waals surface area contributed by atoms with Gasteiger partial charge in [0.25, 0.3) is 5.69 Å². The van der Waals surface area contributed by atoms with Gasteiger partial charge in [-0.25, -0.2) is 0 Å². The average Bonchev–Trinajstić information content (AvgIpc) is 3.54. The molecule has 1 aliphatic rings. The summed E-state index contributed by atoms with van der Waals surface area (Å²) in [5, 5.41) is 17.9. The van der Waals surface area contributed by atoms with Crippen LogP contribution in [0.1, 0.15) is 23.5 Å². The molecule has 3 heterocycles. The van der Waals surface area contributed by atoms with Crippen molar-refractivity contribution in [1.29, 1.82) is 0 Å². The Labute approximate surface area is 224 Å². The lowest BCUT2D eigenvalue weighted by Gasteiger charge is -2.29. The number of aromatic nitrogens is 2. The summed E-state index contributed by atoms with van der Waals surface area (Å²) >= 11 is 5.81. The summed E-state index contributed by atoms with van der Waals surface area (Å²) in [7, 11) is 1.47. The highest BCUT2D eigenvalue weighted by atomic mass is 32.1. The first-order chi connectivity index (χ1) is 18.5. The fourth-order valence-electron chi connectivity index (χ4n) is 4.57. The number of anilines is 2. The summed E-state index contributed by atoms with van der Waals surface area (Å²) in [5.41, 5.74) is 4.01. The molecular formula is C27H24N6O4S. The number of hydrogen-bond acceptors (Lipinski definition) is 6. The van der Waals surface area contributed by atoms with E-state index in [2.05, 4.69) is 15.6 Å². The molecule has 1 aliphatic heterocycles. The molecule has 1 amide bonds. The lowest BCUT2D eigenvalue weighted by molar-refractivity contribution is -0.384. The largest absolute Gasteiger partial charge is 0.375 e. The number of non-ortho nitro benzene ring substituents is 1. The maximum atomic E-state index is 11.9. The van der Waals surface area contributed by atoms with Crippen molar-refractivity contribution in [2.45, 2.75) is 12.1 Å². The zero-order valence-electron chi connectivity index (χ0n) is 20.4. The molecule has 1 fully saturated rings. The molecule has 0 aliphatic carbocycles. The van der Waals surface area contributed by atoms with Gasteiger partial charge in [0, 0.05) is 54.4 Å². The number of carbonyl (C=O) groups is 1. The highest BCUT2D eigenvalue weighted by Gasteiger charge is 2.42. The van der Waals surface area contributed by atoms with Crippen molar-refractivity contribution in [2.24, 2.45) is 0 Å². The van der Waals surface area contributed by atoms with Gasteiger partial charge in [-0.05, 0) is 72.9 Å². The van der Waals surface area contributed by atoms with Crippen LogP contribution in [0.15, 0.2) is 91.3 Å².